The van der Waals surface area contributed by atoms with Crippen LogP contribution in [0, 0.1) is 11.8 Å². The Balaban J connectivity index is 2.06. The van der Waals surface area contributed by atoms with Crippen LogP contribution in [-0.4, -0.2) is 5.38 Å². The number of rotatable bonds is 0. The maximum absolute atomic E-state index is 6.11. The molecule has 0 aromatic heterocycles. The first-order chi connectivity index (χ1) is 4.36. The van der Waals surface area contributed by atoms with Crippen molar-refractivity contribution in [3.63, 3.8) is 0 Å². The number of hydrogen-bond acceptors (Lipinski definition) is 0. The molecule has 1 unspecified atom stereocenters. The van der Waals surface area contributed by atoms with Crippen molar-refractivity contribution in [2.24, 2.45) is 11.8 Å². The first kappa shape index (κ1) is 6.03. The van der Waals surface area contributed by atoms with Crippen LogP contribution >= 0.6 is 11.6 Å². The van der Waals surface area contributed by atoms with Gasteiger partial charge >= 0.3 is 0 Å². The van der Waals surface area contributed by atoms with Crippen LogP contribution in [0.15, 0.2) is 0 Å². The summed E-state index contributed by atoms with van der Waals surface area (Å²) in [6, 6.07) is 0. The molecule has 2 bridgehead atoms. The van der Waals surface area contributed by atoms with Crippen molar-refractivity contribution in [1.29, 1.82) is 0 Å². The second-order valence-electron chi connectivity index (χ2n) is 3.53. The summed E-state index contributed by atoms with van der Waals surface area (Å²) < 4.78 is 0. The topological polar surface area (TPSA) is 0 Å². The molecule has 0 saturated heterocycles. The third kappa shape index (κ3) is 0.980. The van der Waals surface area contributed by atoms with Crippen LogP contribution in [0.3, 0.4) is 0 Å². The van der Waals surface area contributed by atoms with Crippen LogP contribution in [0.5, 0.6) is 0 Å². The average molecular weight is 145 g/mol. The van der Waals surface area contributed by atoms with E-state index >= 15 is 0 Å². The Labute approximate surface area is 61.6 Å². The molecule has 3 fully saturated rings. The van der Waals surface area contributed by atoms with Gasteiger partial charge in [-0.25, -0.2) is 0 Å². The van der Waals surface area contributed by atoms with E-state index in [0.29, 0.717) is 5.38 Å². The summed E-state index contributed by atoms with van der Waals surface area (Å²) >= 11 is 6.11. The van der Waals surface area contributed by atoms with E-state index < -0.39 is 0 Å². The molecule has 0 spiro atoms. The molecule has 0 aromatic rings. The van der Waals surface area contributed by atoms with E-state index in [4.69, 9.17) is 11.6 Å². The second kappa shape index (κ2) is 2.16. The number of alkyl halides is 1. The predicted molar refractivity (Wildman–Crippen MR) is 39.7 cm³/mol. The lowest BCUT2D eigenvalue weighted by Gasteiger charge is -2.39. The Morgan fingerprint density at radius 2 is 1.67 bits per heavy atom. The monoisotopic (exact) mass is 144 g/mol. The van der Waals surface area contributed by atoms with Gasteiger partial charge in [0, 0.05) is 5.38 Å². The van der Waals surface area contributed by atoms with E-state index in [0.717, 1.165) is 11.8 Å². The Hall–Kier alpha value is 0.290. The van der Waals surface area contributed by atoms with Crippen LogP contribution in [0.2, 0.25) is 0 Å². The summed E-state index contributed by atoms with van der Waals surface area (Å²) in [5, 5.41) is 0.539. The second-order valence-corrected chi connectivity index (χ2v) is 4.09. The lowest BCUT2D eigenvalue weighted by molar-refractivity contribution is 0.181. The molecule has 0 aromatic carbocycles. The van der Waals surface area contributed by atoms with Gasteiger partial charge in [0.2, 0.25) is 0 Å². The van der Waals surface area contributed by atoms with Crippen molar-refractivity contribution >= 4 is 11.6 Å². The Morgan fingerprint density at radius 3 is 1.89 bits per heavy atom. The molecule has 3 saturated carbocycles. The van der Waals surface area contributed by atoms with E-state index in [1.54, 1.807) is 0 Å². The molecule has 0 aliphatic heterocycles. The first-order valence-corrected chi connectivity index (χ1v) is 4.44. The van der Waals surface area contributed by atoms with E-state index in [1.165, 1.54) is 32.1 Å². The van der Waals surface area contributed by atoms with Crippen molar-refractivity contribution in [2.45, 2.75) is 37.5 Å². The van der Waals surface area contributed by atoms with Gasteiger partial charge in [-0.1, -0.05) is 12.8 Å². The smallest absolute Gasteiger partial charge is 0.0366 e. The van der Waals surface area contributed by atoms with E-state index in [2.05, 4.69) is 0 Å². The van der Waals surface area contributed by atoms with Crippen LogP contribution in [0.1, 0.15) is 32.1 Å². The van der Waals surface area contributed by atoms with E-state index in [1.807, 2.05) is 0 Å². The van der Waals surface area contributed by atoms with E-state index in [9.17, 15) is 0 Å². The number of hydrogen-bond donors (Lipinski definition) is 0. The molecule has 1 atom stereocenters. The summed E-state index contributed by atoms with van der Waals surface area (Å²) in [6.07, 6.45) is 7.08. The van der Waals surface area contributed by atoms with Crippen LogP contribution in [-0.2, 0) is 0 Å². The van der Waals surface area contributed by atoms with Gasteiger partial charge in [-0.3, -0.25) is 0 Å². The van der Waals surface area contributed by atoms with Crippen molar-refractivity contribution in [3.05, 3.63) is 0 Å². The zero-order valence-corrected chi connectivity index (χ0v) is 6.40. The van der Waals surface area contributed by atoms with Crippen LogP contribution in [0.25, 0.3) is 0 Å². The van der Waals surface area contributed by atoms with E-state index in [-0.39, 0.29) is 0 Å². The lowest BCUT2D eigenvalue weighted by atomic mass is 9.71. The highest BCUT2D eigenvalue weighted by Crippen LogP contribution is 2.43. The van der Waals surface area contributed by atoms with Crippen molar-refractivity contribution in [1.82, 2.24) is 0 Å². The third-order valence-electron chi connectivity index (χ3n) is 2.96. The molecule has 0 N–H and O–H groups in total. The molecular weight excluding hydrogens is 132 g/mol. The molecule has 3 rings (SSSR count). The van der Waals surface area contributed by atoms with Crippen LogP contribution < -0.4 is 0 Å². The predicted octanol–water partition coefficient (Wildman–Crippen LogP) is 2.80. The molecule has 0 amide bonds. The molecule has 9 heavy (non-hydrogen) atoms. The lowest BCUT2D eigenvalue weighted by Crippen LogP contribution is -2.31. The largest absolute Gasteiger partial charge is 0.123 e. The quantitative estimate of drug-likeness (QED) is 0.459. The van der Waals surface area contributed by atoms with Gasteiger partial charge in [-0.15, -0.1) is 11.6 Å². The number of halogens is 1. The zero-order chi connectivity index (χ0) is 6.27. The standard InChI is InChI=1S/C8H13Cl/c9-8-5-6-1-3-7(8)4-2-6/h6-8H,1-5H2. The first-order valence-electron chi connectivity index (χ1n) is 4.00. The molecule has 3 aliphatic rings. The molecule has 3 aliphatic carbocycles. The summed E-state index contributed by atoms with van der Waals surface area (Å²) in [5.74, 6) is 1.88. The highest BCUT2D eigenvalue weighted by atomic mass is 35.5. The van der Waals surface area contributed by atoms with Gasteiger partial charge in [0.25, 0.3) is 0 Å². The van der Waals surface area contributed by atoms with Crippen molar-refractivity contribution in [3.8, 4) is 0 Å². The van der Waals surface area contributed by atoms with Gasteiger partial charge in [-0.05, 0) is 31.1 Å². The van der Waals surface area contributed by atoms with Crippen molar-refractivity contribution < 1.29 is 0 Å². The fourth-order valence-corrected chi connectivity index (χ4v) is 2.80. The van der Waals surface area contributed by atoms with Gasteiger partial charge < -0.3 is 0 Å². The molecular formula is C8H13Cl. The summed E-state index contributed by atoms with van der Waals surface area (Å²) in [4.78, 5) is 0. The highest BCUT2D eigenvalue weighted by Gasteiger charge is 2.33. The molecule has 0 radical (unpaired) electrons. The highest BCUT2D eigenvalue weighted by molar-refractivity contribution is 6.20. The van der Waals surface area contributed by atoms with Crippen molar-refractivity contribution in [2.75, 3.05) is 0 Å². The Bertz CT molecular complexity index is 103. The molecule has 0 heterocycles. The minimum Gasteiger partial charge on any atom is -0.123 e. The summed E-state index contributed by atoms with van der Waals surface area (Å²) in [6.45, 7) is 0. The maximum Gasteiger partial charge on any atom is 0.0366 e. The normalized spacial score (nSPS) is 49.7. The van der Waals surface area contributed by atoms with Gasteiger partial charge in [0.15, 0.2) is 0 Å². The maximum atomic E-state index is 6.11. The number of fused-ring (bicyclic) bond motifs is 3. The summed E-state index contributed by atoms with van der Waals surface area (Å²) in [5.41, 5.74) is 0. The fourth-order valence-electron chi connectivity index (χ4n) is 2.30. The minimum atomic E-state index is 0.539. The Morgan fingerprint density at radius 1 is 1.00 bits per heavy atom. The van der Waals surface area contributed by atoms with Gasteiger partial charge in [0.05, 0.1) is 0 Å². The summed E-state index contributed by atoms with van der Waals surface area (Å²) in [7, 11) is 0. The van der Waals surface area contributed by atoms with Gasteiger partial charge in [0.1, 0.15) is 0 Å². The molecule has 0 nitrogen and oxygen atoms in total. The zero-order valence-electron chi connectivity index (χ0n) is 5.65. The SMILES string of the molecule is ClC1CC2CCC1CC2. The Kier molecular flexibility index (Phi) is 1.45. The minimum absolute atomic E-state index is 0.539. The van der Waals surface area contributed by atoms with Gasteiger partial charge in [-0.2, -0.15) is 0 Å². The fraction of sp³-hybridized carbons (Fsp3) is 1.00. The average Bonchev–Trinajstić information content (AvgIpc) is 1.90. The molecule has 52 valence electrons. The molecule has 1 heteroatoms. The third-order valence-corrected chi connectivity index (χ3v) is 3.50. The van der Waals surface area contributed by atoms with Crippen LogP contribution in [0.4, 0.5) is 0 Å².